The Kier molecular flexibility index (Phi) is 10.7. The van der Waals surface area contributed by atoms with Gasteiger partial charge < -0.3 is 19.5 Å². The average molecular weight is 744 g/mol. The van der Waals surface area contributed by atoms with Gasteiger partial charge in [-0.15, -0.1) is 0 Å². The van der Waals surface area contributed by atoms with Crippen molar-refractivity contribution in [2.24, 2.45) is 9.98 Å². The number of hydrogen-bond donors (Lipinski definition) is 1. The number of rotatable bonds is 11. The summed E-state index contributed by atoms with van der Waals surface area (Å²) in [6, 6.07) is 45.3. The average Bonchev–Trinajstić information content (AvgIpc) is 3.24. The van der Waals surface area contributed by atoms with E-state index in [4.69, 9.17) is 19.2 Å². The third-order valence-electron chi connectivity index (χ3n) is 9.73. The molecule has 0 fully saturated rings. The number of nitrogens with zero attached hydrogens (tertiary/aromatic N) is 2. The van der Waals surface area contributed by atoms with Crippen molar-refractivity contribution in [3.63, 3.8) is 0 Å². The summed E-state index contributed by atoms with van der Waals surface area (Å²) in [6.45, 7) is -0.835. The van der Waals surface area contributed by atoms with Gasteiger partial charge in [0, 0.05) is 16.7 Å². The smallest absolute Gasteiger partial charge is 0.287 e. The molecule has 0 aliphatic carbocycles. The largest absolute Gasteiger partial charge is 0.497 e. The second kappa shape index (κ2) is 15.9. The number of hydrogen-bond acceptors (Lipinski definition) is 6. The molecule has 0 radical (unpaired) electrons. The van der Waals surface area contributed by atoms with Crippen molar-refractivity contribution in [2.75, 3.05) is 20.8 Å². The van der Waals surface area contributed by atoms with Gasteiger partial charge in [0.2, 0.25) is 0 Å². The van der Waals surface area contributed by atoms with Gasteiger partial charge in [0.1, 0.15) is 29.5 Å². The molecule has 1 aliphatic heterocycles. The molecule has 0 unspecified atom stereocenters. The first-order valence-electron chi connectivity index (χ1n) is 17.6. The van der Waals surface area contributed by atoms with E-state index < -0.39 is 47.7 Å². The number of halogens is 4. The molecule has 278 valence electrons. The van der Waals surface area contributed by atoms with E-state index in [2.05, 4.69) is 10.3 Å². The number of alkyl halides is 3. The summed E-state index contributed by atoms with van der Waals surface area (Å²) < 4.78 is 80.4. The molecular weight excluding hydrogens is 707 g/mol. The highest BCUT2D eigenvalue weighted by Crippen LogP contribution is 2.44. The highest BCUT2D eigenvalue weighted by molar-refractivity contribution is 6.13. The molecule has 0 amide bonds. The lowest BCUT2D eigenvalue weighted by Gasteiger charge is -2.41. The van der Waals surface area contributed by atoms with Gasteiger partial charge in [0.25, 0.3) is 12.4 Å². The molecule has 6 aromatic carbocycles. The monoisotopic (exact) mass is 743 g/mol. The summed E-state index contributed by atoms with van der Waals surface area (Å²) >= 11 is 0. The van der Waals surface area contributed by atoms with E-state index in [0.29, 0.717) is 33.9 Å². The first-order chi connectivity index (χ1) is 26.8. The normalized spacial score (nSPS) is 16.8. The van der Waals surface area contributed by atoms with E-state index in [-0.39, 0.29) is 5.69 Å². The van der Waals surface area contributed by atoms with Crippen LogP contribution in [0, 0.1) is 5.82 Å². The molecule has 0 saturated carbocycles. The van der Waals surface area contributed by atoms with Crippen molar-refractivity contribution in [2.45, 2.75) is 23.7 Å². The third-order valence-corrected chi connectivity index (χ3v) is 9.73. The van der Waals surface area contributed by atoms with Gasteiger partial charge in [-0.2, -0.15) is 0 Å². The Bertz CT molecular complexity index is 2180. The molecule has 1 aliphatic rings. The van der Waals surface area contributed by atoms with Crippen molar-refractivity contribution in [3.8, 4) is 11.5 Å². The van der Waals surface area contributed by atoms with Crippen LogP contribution in [0.4, 0.5) is 23.2 Å². The number of amidine groups is 1. The molecule has 6 aromatic rings. The number of nitrogens with one attached hydrogen (secondary N) is 1. The van der Waals surface area contributed by atoms with Crippen LogP contribution in [0.2, 0.25) is 0 Å². The molecule has 0 spiro atoms. The summed E-state index contributed by atoms with van der Waals surface area (Å²) in [4.78, 5) is 9.11. The van der Waals surface area contributed by atoms with Crippen LogP contribution in [0.5, 0.6) is 11.5 Å². The minimum atomic E-state index is -3.49. The molecule has 55 heavy (non-hydrogen) atoms. The van der Waals surface area contributed by atoms with E-state index in [1.807, 2.05) is 115 Å². The summed E-state index contributed by atoms with van der Waals surface area (Å²) in [7, 11) is 3.10. The summed E-state index contributed by atoms with van der Waals surface area (Å²) in [5.41, 5.74) is -0.872. The molecule has 1 heterocycles. The molecule has 0 aromatic heterocycles. The predicted octanol–water partition coefficient (Wildman–Crippen LogP) is 9.78. The number of methoxy groups -OCH3 is 2. The van der Waals surface area contributed by atoms with Crippen LogP contribution >= 0.6 is 0 Å². The van der Waals surface area contributed by atoms with E-state index in [0.717, 1.165) is 23.3 Å². The zero-order valence-electron chi connectivity index (χ0n) is 30.0. The fourth-order valence-corrected chi connectivity index (χ4v) is 6.90. The summed E-state index contributed by atoms with van der Waals surface area (Å²) in [5.74, 6) is 0.112. The van der Waals surface area contributed by atoms with Crippen LogP contribution in [0.15, 0.2) is 168 Å². The molecule has 10 heteroatoms. The van der Waals surface area contributed by atoms with Gasteiger partial charge in [0.15, 0.2) is 11.7 Å². The Balaban J connectivity index is 1.41. The fourth-order valence-electron chi connectivity index (χ4n) is 6.90. The second-order valence-corrected chi connectivity index (χ2v) is 12.9. The summed E-state index contributed by atoms with van der Waals surface area (Å²) in [6.07, 6.45) is -5.92. The zero-order chi connectivity index (χ0) is 38.4. The Morgan fingerprint density at radius 3 is 1.71 bits per heavy atom. The summed E-state index contributed by atoms with van der Waals surface area (Å²) in [5, 5.41) is 3.30. The minimum absolute atomic E-state index is 0.137. The van der Waals surface area contributed by atoms with Crippen LogP contribution < -0.4 is 14.8 Å². The van der Waals surface area contributed by atoms with Crippen LogP contribution in [0.1, 0.15) is 33.4 Å². The SMILES string of the molecule is COc1ccc(C(NC2=N[C@@](c3cc(N=C(c4ccccc4)c4ccccc4)ccc3F)(C(F)F)[C@@H](F)CO2)(c2ccccc2)c2ccc(OC)cc2)cc1. The van der Waals surface area contributed by atoms with Crippen molar-refractivity contribution in [1.29, 1.82) is 0 Å². The highest BCUT2D eigenvalue weighted by Gasteiger charge is 2.55. The number of benzene rings is 6. The van der Waals surface area contributed by atoms with Crippen LogP contribution in [-0.2, 0) is 15.8 Å². The van der Waals surface area contributed by atoms with Gasteiger partial charge in [0.05, 0.1) is 25.6 Å². The van der Waals surface area contributed by atoms with Crippen LogP contribution in [-0.4, -0.2) is 45.2 Å². The topological polar surface area (TPSA) is 64.4 Å². The lowest BCUT2D eigenvalue weighted by atomic mass is 9.77. The second-order valence-electron chi connectivity index (χ2n) is 12.9. The quantitative estimate of drug-likeness (QED) is 0.0816. The van der Waals surface area contributed by atoms with Crippen molar-refractivity contribution >= 4 is 17.4 Å². The van der Waals surface area contributed by atoms with Gasteiger partial charge in [-0.05, 0) is 59.2 Å². The van der Waals surface area contributed by atoms with Crippen molar-refractivity contribution in [1.82, 2.24) is 5.32 Å². The van der Waals surface area contributed by atoms with Crippen molar-refractivity contribution < 1.29 is 31.8 Å². The molecule has 0 bridgehead atoms. The number of ether oxygens (including phenoxy) is 3. The maximum absolute atomic E-state index is 16.3. The van der Waals surface area contributed by atoms with Gasteiger partial charge in [-0.1, -0.05) is 115 Å². The Hall–Kier alpha value is -6.42. The fraction of sp³-hybridized carbons (Fsp3) is 0.156. The van der Waals surface area contributed by atoms with Gasteiger partial charge in [-0.3, -0.25) is 0 Å². The molecule has 0 saturated heterocycles. The molecule has 1 N–H and O–H groups in total. The minimum Gasteiger partial charge on any atom is -0.497 e. The maximum atomic E-state index is 16.3. The Labute approximate surface area is 316 Å². The molecule has 2 atom stereocenters. The Morgan fingerprint density at radius 2 is 1.22 bits per heavy atom. The van der Waals surface area contributed by atoms with Gasteiger partial charge in [-0.25, -0.2) is 27.5 Å². The lowest BCUT2D eigenvalue weighted by molar-refractivity contribution is -0.0318. The maximum Gasteiger partial charge on any atom is 0.287 e. The lowest BCUT2D eigenvalue weighted by Crippen LogP contribution is -2.55. The zero-order valence-corrected chi connectivity index (χ0v) is 30.0. The van der Waals surface area contributed by atoms with E-state index in [1.54, 1.807) is 38.5 Å². The first kappa shape index (κ1) is 36.9. The van der Waals surface area contributed by atoms with E-state index >= 15 is 17.6 Å². The molecule has 6 nitrogen and oxygen atoms in total. The number of aliphatic imine (C=N–C) groups is 2. The third kappa shape index (κ3) is 7.15. The molecular formula is C45H37F4N3O3. The molecule has 7 rings (SSSR count). The Morgan fingerprint density at radius 1 is 0.727 bits per heavy atom. The first-order valence-corrected chi connectivity index (χ1v) is 17.6. The highest BCUT2D eigenvalue weighted by atomic mass is 19.3. The van der Waals surface area contributed by atoms with Crippen LogP contribution in [0.3, 0.4) is 0 Å². The van der Waals surface area contributed by atoms with E-state index in [1.165, 1.54) is 6.07 Å². The standard InChI is InChI=1S/C45H37F4N3O3/c1-53-36-23-18-33(19-24-36)44(32-16-10-5-11-17-32,34-20-25-37(54-2)26-21-34)51-43-52-45(42(48)49,40(47)29-55-43)38-28-35(22-27-39(38)46)50-41(30-12-6-3-7-13-30)31-14-8-4-9-15-31/h3-28,40,42H,29H2,1-2H3,(H,51,52)/t40-,45+/m0/s1. The van der Waals surface area contributed by atoms with E-state index in [9.17, 15) is 0 Å². The van der Waals surface area contributed by atoms with Gasteiger partial charge >= 0.3 is 0 Å². The van der Waals surface area contributed by atoms with Crippen LogP contribution in [0.25, 0.3) is 0 Å². The van der Waals surface area contributed by atoms with Crippen molar-refractivity contribution in [3.05, 3.63) is 197 Å². The predicted molar refractivity (Wildman–Crippen MR) is 206 cm³/mol.